The van der Waals surface area contributed by atoms with Crippen LogP contribution < -0.4 is 20.9 Å². The molecule has 67 heavy (non-hydrogen) atoms. The molecule has 2 aliphatic carbocycles. The van der Waals surface area contributed by atoms with Crippen molar-refractivity contribution in [3.8, 4) is 5.95 Å². The van der Waals surface area contributed by atoms with Gasteiger partial charge in [0.2, 0.25) is 31.3 Å². The standard InChI is InChI=1S/C24H25N5O2S.C15H16ClN3.C9H10N2O2S.N2/c1-16-14-19-21(12-7-13-22(19)32(25,30)31)29(16)24-27-20-11-6-5-10-18(20)23(28-24)26-15-17-8-3-2-4-9-17;16-15-18-13-9-5-4-8-12(13)14(19-15)17-10-11-6-2-1-3-7-11;1-6-5-7-8(11-6)3-2-4-9(7)14(10,12)13;1-2/h2-4,7-9,12-14H,5-6,10-11,15H2,1H3,(H2,25,30,31)(H,26,27,28);1-3,6-7H,4-5,8-10H2,(H,17,18,19);2-5,11H,1H3,(H2,10,12,13);. The molecule has 0 unspecified atom stereocenters. The minimum absolute atomic E-state index is 0.109. The molecule has 2 aliphatic rings. The highest BCUT2D eigenvalue weighted by molar-refractivity contribution is 7.89. The van der Waals surface area contributed by atoms with Crippen molar-refractivity contribution < 1.29 is 16.8 Å². The van der Waals surface area contributed by atoms with Gasteiger partial charge in [-0.3, -0.25) is 4.57 Å². The highest BCUT2D eigenvalue weighted by Crippen LogP contribution is 2.32. The quantitative estimate of drug-likeness (QED) is 0.0672. The van der Waals surface area contributed by atoms with Gasteiger partial charge in [-0.2, -0.15) is 4.98 Å². The molecule has 4 aromatic heterocycles. The zero-order chi connectivity index (χ0) is 47.7. The molecule has 0 fully saturated rings. The number of H-pyrrole nitrogens is 1. The molecule has 0 aliphatic heterocycles. The number of halogens is 1. The molecule has 19 heteroatoms. The number of aromatic amines is 1. The molecular weight excluding hydrogens is 908 g/mol. The van der Waals surface area contributed by atoms with Gasteiger partial charge >= 0.3 is 0 Å². The maximum atomic E-state index is 12.1. The maximum absolute atomic E-state index is 12.1. The molecule has 7 N–H and O–H groups in total. The van der Waals surface area contributed by atoms with E-state index in [-0.39, 0.29) is 9.79 Å². The van der Waals surface area contributed by atoms with E-state index in [0.717, 1.165) is 90.5 Å². The van der Waals surface area contributed by atoms with Crippen LogP contribution in [-0.4, -0.2) is 46.3 Å². The van der Waals surface area contributed by atoms with Crippen LogP contribution in [0.4, 0.5) is 11.6 Å². The minimum Gasteiger partial charge on any atom is -0.366 e. The van der Waals surface area contributed by atoms with Crippen molar-refractivity contribution in [1.29, 1.82) is 10.8 Å². The Hall–Kier alpha value is -6.75. The number of primary sulfonamides is 2. The third kappa shape index (κ3) is 11.6. The van der Waals surface area contributed by atoms with E-state index in [0.29, 0.717) is 28.5 Å². The van der Waals surface area contributed by atoms with Crippen LogP contribution in [0.3, 0.4) is 0 Å². The third-order valence-corrected chi connectivity index (χ3v) is 13.6. The van der Waals surface area contributed by atoms with Crippen molar-refractivity contribution in [3.63, 3.8) is 0 Å². The summed E-state index contributed by atoms with van der Waals surface area (Å²) in [6, 6.07) is 34.2. The lowest BCUT2D eigenvalue weighted by molar-refractivity contribution is 0.597. The van der Waals surface area contributed by atoms with E-state index < -0.39 is 20.0 Å². The molecule has 4 heterocycles. The van der Waals surface area contributed by atoms with Crippen LogP contribution in [0.25, 0.3) is 27.8 Å². The largest absolute Gasteiger partial charge is 0.366 e. The Morgan fingerprint density at radius 2 is 1.13 bits per heavy atom. The van der Waals surface area contributed by atoms with Crippen molar-refractivity contribution in [2.45, 2.75) is 88.1 Å². The lowest BCUT2D eigenvalue weighted by Gasteiger charge is -2.21. The van der Waals surface area contributed by atoms with E-state index >= 15 is 0 Å². The number of sulfonamides is 2. The number of hydrogen-bond donors (Lipinski definition) is 5. The van der Waals surface area contributed by atoms with Crippen molar-refractivity contribution in [3.05, 3.63) is 160 Å². The van der Waals surface area contributed by atoms with E-state index in [1.165, 1.54) is 47.2 Å². The van der Waals surface area contributed by atoms with E-state index in [2.05, 4.69) is 49.9 Å². The van der Waals surface area contributed by atoms with Gasteiger partial charge in [0, 0.05) is 62.7 Å². The fraction of sp³-hybridized carbons (Fsp3) is 0.250. The Morgan fingerprint density at radius 1 is 0.627 bits per heavy atom. The van der Waals surface area contributed by atoms with Crippen LogP contribution >= 0.6 is 11.6 Å². The zero-order valence-corrected chi connectivity index (χ0v) is 39.5. The van der Waals surface area contributed by atoms with Gasteiger partial charge in [-0.05, 0) is 124 Å². The molecule has 0 saturated carbocycles. The van der Waals surface area contributed by atoms with Crippen LogP contribution in [0.1, 0.15) is 70.7 Å². The average Bonchev–Trinajstić information content (AvgIpc) is 3.88. The first kappa shape index (κ1) is 48.2. The van der Waals surface area contributed by atoms with Crippen LogP contribution in [0, 0.1) is 24.6 Å². The zero-order valence-electron chi connectivity index (χ0n) is 37.1. The van der Waals surface area contributed by atoms with Gasteiger partial charge in [0.1, 0.15) is 11.6 Å². The predicted molar refractivity (Wildman–Crippen MR) is 261 cm³/mol. The number of aryl methyl sites for hydroxylation is 4. The molecule has 0 bridgehead atoms. The predicted octanol–water partition coefficient (Wildman–Crippen LogP) is 8.64. The molecule has 8 aromatic rings. The molecule has 0 amide bonds. The van der Waals surface area contributed by atoms with Gasteiger partial charge in [-0.25, -0.2) is 42.1 Å². The van der Waals surface area contributed by atoms with Gasteiger partial charge in [0.15, 0.2) is 0 Å². The van der Waals surface area contributed by atoms with E-state index in [9.17, 15) is 16.8 Å². The Kier molecular flexibility index (Phi) is 15.3. The summed E-state index contributed by atoms with van der Waals surface area (Å²) in [4.78, 5) is 21.8. The van der Waals surface area contributed by atoms with Crippen LogP contribution in [-0.2, 0) is 58.8 Å². The second-order valence-electron chi connectivity index (χ2n) is 16.2. The number of nitrogens with two attached hydrogens (primary N) is 2. The van der Waals surface area contributed by atoms with Crippen molar-refractivity contribution in [2.24, 2.45) is 10.3 Å². The SMILES string of the molecule is Cc1cc2c(S(N)(=O)=O)cccc2[nH]1.Cc1cc2c(S(N)(=O)=O)cccc2n1-c1nc2c(c(NCc3ccccc3)n1)CCCC2.Clc1nc2c(c(NCc3ccccc3)n1)CCCC2.N#N. The molecular formula is C48H51ClN12O4S2. The van der Waals surface area contributed by atoms with Crippen LogP contribution in [0.2, 0.25) is 5.28 Å². The topological polar surface area (TPSA) is 264 Å². The fourth-order valence-electron chi connectivity index (χ4n) is 8.47. The number of benzene rings is 4. The summed E-state index contributed by atoms with van der Waals surface area (Å²) in [7, 11) is -7.48. The number of fused-ring (bicyclic) bond motifs is 4. The van der Waals surface area contributed by atoms with E-state index in [4.69, 9.17) is 42.6 Å². The second-order valence-corrected chi connectivity index (χ2v) is 19.6. The molecule has 0 atom stereocenters. The number of nitrogens with zero attached hydrogens (tertiary/aromatic N) is 7. The third-order valence-electron chi connectivity index (χ3n) is 11.5. The van der Waals surface area contributed by atoms with Gasteiger partial charge in [0.25, 0.3) is 0 Å². The minimum atomic E-state index is -3.84. The summed E-state index contributed by atoms with van der Waals surface area (Å²) in [6.45, 7) is 5.23. The first-order valence-electron chi connectivity index (χ1n) is 21.7. The van der Waals surface area contributed by atoms with E-state index in [1.807, 2.05) is 73.0 Å². The second kappa shape index (κ2) is 21.3. The summed E-state index contributed by atoms with van der Waals surface area (Å²) in [6.07, 6.45) is 8.54. The molecule has 0 spiro atoms. The Morgan fingerprint density at radius 3 is 1.70 bits per heavy atom. The van der Waals surface area contributed by atoms with E-state index in [1.54, 1.807) is 18.2 Å². The summed E-state index contributed by atoms with van der Waals surface area (Å²) in [5, 5.41) is 31.0. The fourth-order valence-corrected chi connectivity index (χ4v) is 10.1. The molecule has 16 nitrogen and oxygen atoms in total. The number of aromatic nitrogens is 6. The smallest absolute Gasteiger partial charge is 0.238 e. The van der Waals surface area contributed by atoms with Crippen LogP contribution in [0.5, 0.6) is 0 Å². The number of anilines is 2. The molecule has 0 radical (unpaired) electrons. The van der Waals surface area contributed by atoms with Crippen molar-refractivity contribution in [1.82, 2.24) is 29.5 Å². The molecule has 4 aromatic carbocycles. The first-order chi connectivity index (χ1) is 32.2. The van der Waals surface area contributed by atoms with Crippen LogP contribution in [0.15, 0.2) is 119 Å². The average molecular weight is 960 g/mol. The summed E-state index contributed by atoms with van der Waals surface area (Å²) < 4.78 is 48.5. The van der Waals surface area contributed by atoms with Gasteiger partial charge < -0.3 is 15.6 Å². The number of hydrogen-bond acceptors (Lipinski definition) is 12. The Labute approximate surface area is 394 Å². The van der Waals surface area contributed by atoms with Crippen molar-refractivity contribution in [2.75, 3.05) is 10.6 Å². The Bertz CT molecular complexity index is 3270. The highest BCUT2D eigenvalue weighted by Gasteiger charge is 2.23. The van der Waals surface area contributed by atoms with Gasteiger partial charge in [0.05, 0.1) is 26.7 Å². The lowest BCUT2D eigenvalue weighted by atomic mass is 9.96. The lowest BCUT2D eigenvalue weighted by Crippen LogP contribution is -2.16. The maximum Gasteiger partial charge on any atom is 0.238 e. The Balaban J connectivity index is 0.000000161. The van der Waals surface area contributed by atoms with Crippen molar-refractivity contribution >= 4 is 65.1 Å². The summed E-state index contributed by atoms with van der Waals surface area (Å²) in [5.41, 5.74) is 10.3. The molecule has 0 saturated heterocycles. The first-order valence-corrected chi connectivity index (χ1v) is 25.2. The van der Waals surface area contributed by atoms with Gasteiger partial charge in [-0.1, -0.05) is 72.8 Å². The molecule has 346 valence electrons. The monoisotopic (exact) mass is 958 g/mol. The highest BCUT2D eigenvalue weighted by atomic mass is 35.5. The number of nitrogens with one attached hydrogen (secondary N) is 3. The van der Waals surface area contributed by atoms with Gasteiger partial charge in [-0.15, -0.1) is 0 Å². The normalized spacial score (nSPS) is 13.1. The number of rotatable bonds is 9. The summed E-state index contributed by atoms with van der Waals surface area (Å²) >= 11 is 6.00. The summed E-state index contributed by atoms with van der Waals surface area (Å²) in [5.74, 6) is 2.29. The molecule has 10 rings (SSSR count).